The number of benzene rings is 1. The number of hydrogen-bond acceptors (Lipinski definition) is 6. The first-order valence-electron chi connectivity index (χ1n) is 9.96. The molecule has 1 aliphatic rings. The number of anilines is 1. The van der Waals surface area contributed by atoms with E-state index in [1.165, 1.54) is 49.7 Å². The Labute approximate surface area is 175 Å². The molecule has 2 heterocycles. The van der Waals surface area contributed by atoms with Crippen LogP contribution in [-0.2, 0) is 22.7 Å². The van der Waals surface area contributed by atoms with Gasteiger partial charge in [0, 0.05) is 19.2 Å². The highest BCUT2D eigenvalue weighted by Crippen LogP contribution is 2.14. The van der Waals surface area contributed by atoms with Crippen LogP contribution < -0.4 is 10.6 Å². The van der Waals surface area contributed by atoms with Crippen molar-refractivity contribution in [2.75, 3.05) is 29.9 Å². The van der Waals surface area contributed by atoms with Gasteiger partial charge in [0.05, 0.1) is 11.5 Å². The van der Waals surface area contributed by atoms with Crippen molar-refractivity contribution in [3.8, 4) is 0 Å². The molecule has 1 aliphatic heterocycles. The summed E-state index contributed by atoms with van der Waals surface area (Å²) >= 11 is 1.26. The van der Waals surface area contributed by atoms with E-state index in [-0.39, 0.29) is 23.3 Å². The number of nitrogens with one attached hydrogen (secondary N) is 2. The van der Waals surface area contributed by atoms with E-state index in [1.807, 2.05) is 0 Å². The summed E-state index contributed by atoms with van der Waals surface area (Å²) in [6.07, 6.45) is 3.94. The van der Waals surface area contributed by atoms with E-state index >= 15 is 0 Å². The summed E-state index contributed by atoms with van der Waals surface area (Å²) in [5, 5.41) is 9.23. The lowest BCUT2D eigenvalue weighted by Crippen LogP contribution is -2.29. The van der Waals surface area contributed by atoms with Gasteiger partial charge in [-0.05, 0) is 44.0 Å². The van der Waals surface area contributed by atoms with Gasteiger partial charge >= 0.3 is 0 Å². The fraction of sp³-hybridized carbons (Fsp3) is 0.476. The predicted molar refractivity (Wildman–Crippen MR) is 115 cm³/mol. The Morgan fingerprint density at radius 2 is 1.76 bits per heavy atom. The van der Waals surface area contributed by atoms with E-state index in [0.29, 0.717) is 18.1 Å². The zero-order valence-electron chi connectivity index (χ0n) is 16.8. The molecule has 0 atom stereocenters. The van der Waals surface area contributed by atoms with E-state index in [9.17, 15) is 9.59 Å². The van der Waals surface area contributed by atoms with Crippen molar-refractivity contribution in [1.82, 2.24) is 15.4 Å². The molecule has 2 amide bonds. The second kappa shape index (κ2) is 11.0. The smallest absolute Gasteiger partial charge is 0.235 e. The van der Waals surface area contributed by atoms with E-state index in [0.717, 1.165) is 12.1 Å². The van der Waals surface area contributed by atoms with Gasteiger partial charge in [0.2, 0.25) is 11.8 Å². The van der Waals surface area contributed by atoms with Crippen LogP contribution in [0.25, 0.3) is 0 Å². The number of carbonyl (C=O) groups is 2. The number of amides is 2. The average molecular weight is 417 g/mol. The van der Waals surface area contributed by atoms with Crippen molar-refractivity contribution in [2.45, 2.75) is 39.3 Å². The number of aromatic nitrogens is 1. The normalized spacial score (nSPS) is 14.5. The Hall–Kier alpha value is -2.32. The number of nitrogens with zero attached hydrogens (tertiary/aromatic N) is 2. The highest BCUT2D eigenvalue weighted by Gasteiger charge is 2.11. The zero-order valence-corrected chi connectivity index (χ0v) is 17.6. The number of likely N-dealkylation sites (tertiary alicyclic amines) is 1. The molecular formula is C21H28N4O3S. The highest BCUT2D eigenvalue weighted by molar-refractivity contribution is 8.00. The molecule has 29 heavy (non-hydrogen) atoms. The van der Waals surface area contributed by atoms with Gasteiger partial charge in [-0.2, -0.15) is 0 Å². The minimum atomic E-state index is -0.208. The summed E-state index contributed by atoms with van der Waals surface area (Å²) in [4.78, 5) is 26.3. The fourth-order valence-electron chi connectivity index (χ4n) is 3.23. The SMILES string of the molecule is Cc1cc(NC(=O)CSCC(=O)NCc2ccc(CN3CCCCC3)cc2)no1. The van der Waals surface area contributed by atoms with Crippen molar-refractivity contribution in [3.05, 3.63) is 47.2 Å². The Kier molecular flexibility index (Phi) is 8.13. The summed E-state index contributed by atoms with van der Waals surface area (Å²) in [5.41, 5.74) is 2.38. The van der Waals surface area contributed by atoms with Crippen molar-refractivity contribution in [3.63, 3.8) is 0 Å². The molecule has 1 aromatic heterocycles. The Morgan fingerprint density at radius 1 is 1.07 bits per heavy atom. The van der Waals surface area contributed by atoms with Gasteiger partial charge in [0.15, 0.2) is 5.82 Å². The van der Waals surface area contributed by atoms with Crippen LogP contribution in [0.2, 0.25) is 0 Å². The van der Waals surface area contributed by atoms with Gasteiger partial charge in [-0.15, -0.1) is 11.8 Å². The standard InChI is InChI=1S/C21H28N4O3S/c1-16-11-19(24-28-16)23-21(27)15-29-14-20(26)22-12-17-5-7-18(8-6-17)13-25-9-3-2-4-10-25/h5-8,11H,2-4,9-10,12-15H2,1H3,(H,22,26)(H,23,24,27). The van der Waals surface area contributed by atoms with Crippen LogP contribution >= 0.6 is 11.8 Å². The largest absolute Gasteiger partial charge is 0.360 e. The van der Waals surface area contributed by atoms with Gasteiger partial charge < -0.3 is 15.2 Å². The third kappa shape index (κ3) is 7.55. The Morgan fingerprint density at radius 3 is 2.45 bits per heavy atom. The van der Waals surface area contributed by atoms with Crippen molar-refractivity contribution in [1.29, 1.82) is 0 Å². The molecule has 0 unspecified atom stereocenters. The molecule has 1 fully saturated rings. The van der Waals surface area contributed by atoms with Gasteiger partial charge in [0.25, 0.3) is 0 Å². The predicted octanol–water partition coefficient (Wildman–Crippen LogP) is 2.96. The van der Waals surface area contributed by atoms with Crippen molar-refractivity contribution in [2.24, 2.45) is 0 Å². The van der Waals surface area contributed by atoms with Gasteiger partial charge in [0.1, 0.15) is 5.76 Å². The van der Waals surface area contributed by atoms with Gasteiger partial charge in [-0.1, -0.05) is 35.8 Å². The number of rotatable bonds is 9. The van der Waals surface area contributed by atoms with E-state index < -0.39 is 0 Å². The topological polar surface area (TPSA) is 87.5 Å². The molecule has 0 radical (unpaired) electrons. The third-order valence-electron chi connectivity index (χ3n) is 4.73. The zero-order chi connectivity index (χ0) is 20.5. The molecule has 0 spiro atoms. The molecule has 2 N–H and O–H groups in total. The maximum Gasteiger partial charge on any atom is 0.235 e. The average Bonchev–Trinajstić information content (AvgIpc) is 3.13. The number of thioether (sulfide) groups is 1. The van der Waals surface area contributed by atoms with Crippen LogP contribution in [0.5, 0.6) is 0 Å². The molecule has 3 rings (SSSR count). The quantitative estimate of drug-likeness (QED) is 0.654. The maximum absolute atomic E-state index is 12.0. The summed E-state index contributed by atoms with van der Waals surface area (Å²) in [7, 11) is 0. The van der Waals surface area contributed by atoms with Crippen molar-refractivity contribution >= 4 is 29.4 Å². The van der Waals surface area contributed by atoms with Crippen LogP contribution in [0, 0.1) is 6.92 Å². The lowest BCUT2D eigenvalue weighted by molar-refractivity contribution is -0.118. The first kappa shape index (κ1) is 21.4. The minimum absolute atomic E-state index is 0.0857. The number of hydrogen-bond donors (Lipinski definition) is 2. The van der Waals surface area contributed by atoms with Crippen LogP contribution in [0.1, 0.15) is 36.1 Å². The molecule has 1 saturated heterocycles. The second-order valence-corrected chi connectivity index (χ2v) is 8.28. The number of aryl methyl sites for hydroxylation is 1. The molecule has 1 aromatic carbocycles. The fourth-order valence-corrected chi connectivity index (χ4v) is 3.88. The van der Waals surface area contributed by atoms with E-state index in [2.05, 4.69) is 45.0 Å². The lowest BCUT2D eigenvalue weighted by atomic mass is 10.1. The molecule has 156 valence electrons. The lowest BCUT2D eigenvalue weighted by Gasteiger charge is -2.26. The summed E-state index contributed by atoms with van der Waals surface area (Å²) in [6, 6.07) is 10.1. The number of piperidine rings is 1. The van der Waals surface area contributed by atoms with E-state index in [1.54, 1.807) is 13.0 Å². The van der Waals surface area contributed by atoms with Crippen LogP contribution in [-0.4, -0.2) is 46.5 Å². The number of carbonyl (C=O) groups excluding carboxylic acids is 2. The Bertz CT molecular complexity index is 801. The summed E-state index contributed by atoms with van der Waals surface area (Å²) in [5.74, 6) is 1.15. The highest BCUT2D eigenvalue weighted by atomic mass is 32.2. The van der Waals surface area contributed by atoms with Crippen LogP contribution in [0.4, 0.5) is 5.82 Å². The molecule has 0 saturated carbocycles. The van der Waals surface area contributed by atoms with Crippen LogP contribution in [0.3, 0.4) is 0 Å². The molecule has 0 aliphatic carbocycles. The van der Waals surface area contributed by atoms with Crippen LogP contribution in [0.15, 0.2) is 34.9 Å². The van der Waals surface area contributed by atoms with Gasteiger partial charge in [-0.25, -0.2) is 0 Å². The molecular weight excluding hydrogens is 388 g/mol. The molecule has 0 bridgehead atoms. The first-order chi connectivity index (χ1) is 14.1. The molecule has 8 heteroatoms. The van der Waals surface area contributed by atoms with Crippen molar-refractivity contribution < 1.29 is 14.1 Å². The summed E-state index contributed by atoms with van der Waals surface area (Å²) in [6.45, 7) is 5.62. The third-order valence-corrected chi connectivity index (χ3v) is 5.66. The molecule has 7 nitrogen and oxygen atoms in total. The Balaban J connectivity index is 1.31. The minimum Gasteiger partial charge on any atom is -0.360 e. The summed E-state index contributed by atoms with van der Waals surface area (Å²) < 4.78 is 4.89. The first-order valence-corrected chi connectivity index (χ1v) is 11.1. The van der Waals surface area contributed by atoms with E-state index in [4.69, 9.17) is 4.52 Å². The maximum atomic E-state index is 12.0. The second-order valence-electron chi connectivity index (χ2n) is 7.29. The van der Waals surface area contributed by atoms with Gasteiger partial charge in [-0.3, -0.25) is 14.5 Å². The molecule has 2 aromatic rings. The monoisotopic (exact) mass is 416 g/mol.